The maximum absolute atomic E-state index is 14.6. The van der Waals surface area contributed by atoms with Crippen molar-refractivity contribution in [3.8, 4) is 22.5 Å². The monoisotopic (exact) mass is 923 g/mol. The van der Waals surface area contributed by atoms with E-state index < -0.39 is 41.3 Å². The van der Waals surface area contributed by atoms with Gasteiger partial charge in [0.15, 0.2) is 0 Å². The van der Waals surface area contributed by atoms with Gasteiger partial charge in [-0.2, -0.15) is 0 Å². The average molecular weight is 924 g/mol. The van der Waals surface area contributed by atoms with Crippen LogP contribution in [0.5, 0.6) is 0 Å². The lowest BCUT2D eigenvalue weighted by Crippen LogP contribution is -2.62. The number of hydrazine groups is 1. The van der Waals surface area contributed by atoms with Gasteiger partial charge in [0.1, 0.15) is 18.1 Å². The van der Waals surface area contributed by atoms with Crippen molar-refractivity contribution in [3.63, 3.8) is 0 Å². The van der Waals surface area contributed by atoms with E-state index in [0.29, 0.717) is 43.8 Å². The molecule has 7 rings (SSSR count). The smallest absolute Gasteiger partial charge is 0.324 e. The number of aromatic nitrogens is 3. The molecule has 2 N–H and O–H groups in total. The molecule has 66 heavy (non-hydrogen) atoms. The van der Waals surface area contributed by atoms with E-state index in [4.69, 9.17) is 19.4 Å². The van der Waals surface area contributed by atoms with Gasteiger partial charge in [-0.15, -0.1) is 11.3 Å². The van der Waals surface area contributed by atoms with Gasteiger partial charge in [-0.25, -0.2) is 15.2 Å². The normalized spacial score (nSPS) is 21.7. The molecule has 2 fully saturated rings. The van der Waals surface area contributed by atoms with Crippen LogP contribution in [-0.2, 0) is 48.0 Å². The zero-order valence-electron chi connectivity index (χ0n) is 39.9. The van der Waals surface area contributed by atoms with Crippen molar-refractivity contribution in [2.24, 2.45) is 11.3 Å². The molecule has 1 saturated heterocycles. The summed E-state index contributed by atoms with van der Waals surface area (Å²) in [6, 6.07) is 6.80. The minimum atomic E-state index is -1.09. The number of rotatable bonds is 11. The number of esters is 1. The van der Waals surface area contributed by atoms with Crippen LogP contribution in [0.15, 0.2) is 54.6 Å². The summed E-state index contributed by atoms with van der Waals surface area (Å²) in [4.78, 5) is 83.6. The Morgan fingerprint density at radius 1 is 1.12 bits per heavy atom. The van der Waals surface area contributed by atoms with Gasteiger partial charge < -0.3 is 34.1 Å². The third kappa shape index (κ3) is 9.74. The van der Waals surface area contributed by atoms with Crippen molar-refractivity contribution in [1.82, 2.24) is 45.0 Å². The van der Waals surface area contributed by atoms with E-state index in [1.54, 1.807) is 44.2 Å². The van der Waals surface area contributed by atoms with Crippen LogP contribution in [-0.4, -0.2) is 136 Å². The Balaban J connectivity index is 1.25. The molecule has 0 spiro atoms. The molecule has 6 bridgehead atoms. The number of nitrogens with zero attached hydrogens (tertiary/aromatic N) is 7. The lowest BCUT2D eigenvalue weighted by atomic mass is 9.84. The fourth-order valence-corrected chi connectivity index (χ4v) is 10.4. The maximum Gasteiger partial charge on any atom is 0.324 e. The number of urea groups is 1. The summed E-state index contributed by atoms with van der Waals surface area (Å²) in [5, 5.41) is 8.08. The Kier molecular flexibility index (Phi) is 14.4. The largest absolute Gasteiger partial charge is 0.464 e. The molecule has 0 radical (unpaired) electrons. The van der Waals surface area contributed by atoms with Crippen LogP contribution in [0.25, 0.3) is 33.4 Å². The Morgan fingerprint density at radius 2 is 1.86 bits per heavy atom. The number of benzene rings is 1. The van der Waals surface area contributed by atoms with Gasteiger partial charge in [-0.05, 0) is 81.4 Å². The number of ether oxygens (including phenoxy) is 2. The number of hydrogen-bond donors (Lipinski definition) is 2. The van der Waals surface area contributed by atoms with E-state index in [-0.39, 0.29) is 49.1 Å². The molecule has 5 heterocycles. The number of nitrogens with one attached hydrogen (secondary N) is 2. The molecular weight excluding hydrogens is 859 g/mol. The first-order chi connectivity index (χ1) is 31.4. The number of fused-ring (bicyclic) bond motifs is 6. The van der Waals surface area contributed by atoms with Crippen molar-refractivity contribution in [3.05, 3.63) is 70.8 Å². The number of carbonyl (C=O) groups is 5. The van der Waals surface area contributed by atoms with Crippen LogP contribution >= 0.6 is 11.3 Å². The van der Waals surface area contributed by atoms with E-state index in [9.17, 15) is 24.0 Å². The third-order valence-electron chi connectivity index (χ3n) is 13.3. The highest BCUT2D eigenvalue weighted by Gasteiger charge is 2.48. The van der Waals surface area contributed by atoms with E-state index >= 15 is 0 Å². The summed E-state index contributed by atoms with van der Waals surface area (Å²) in [5.74, 6) is -1.95. The lowest BCUT2D eigenvalue weighted by Gasteiger charge is -2.37. The van der Waals surface area contributed by atoms with Crippen LogP contribution in [0.4, 0.5) is 4.79 Å². The van der Waals surface area contributed by atoms with Crippen molar-refractivity contribution in [1.29, 1.82) is 0 Å². The maximum atomic E-state index is 14.6. The minimum Gasteiger partial charge on any atom is -0.464 e. The number of aryl methyl sites for hydroxylation is 1. The van der Waals surface area contributed by atoms with Crippen molar-refractivity contribution < 1.29 is 33.4 Å². The Bertz CT molecular complexity index is 2500. The molecule has 1 aromatic carbocycles. The van der Waals surface area contributed by atoms with Crippen LogP contribution in [0.3, 0.4) is 0 Å². The second-order valence-electron chi connectivity index (χ2n) is 19.0. The topological polar surface area (TPSA) is 172 Å². The number of carbonyl (C=O) groups excluding carboxylic acids is 5. The summed E-state index contributed by atoms with van der Waals surface area (Å²) in [6.45, 7) is 16.7. The Labute approximate surface area is 391 Å². The van der Waals surface area contributed by atoms with Crippen LogP contribution in [0.1, 0.15) is 83.2 Å². The molecule has 2 aliphatic heterocycles. The minimum absolute atomic E-state index is 0.0673. The average Bonchev–Trinajstić information content (AvgIpc) is 3.88. The van der Waals surface area contributed by atoms with Gasteiger partial charge in [0.2, 0.25) is 11.8 Å². The fourth-order valence-electron chi connectivity index (χ4n) is 9.57. The van der Waals surface area contributed by atoms with Crippen LogP contribution in [0, 0.1) is 11.3 Å². The first-order valence-corrected chi connectivity index (χ1v) is 23.8. The standard InChI is InChI=1S/C49H65N9O7S/c1-12-41(59)54(8)38-24-39(38)55(9)48(63)56(10)43(28(3)4)45(60)52-35-23-40-51-36(26-66-40)30-18-19-37-32(22-30)33(44(57(37)13-2)31-16-14-20-50-42(31)29(5)64-11)25-49(6,7)27-65-47(62)34-17-15-21-58(53-34)46(35)61/h12,14,16,18-20,22,26,28-29,34-35,38-39,43,53H,1,13,15,17,21,23-25,27H2,2-11H3,(H,52,60)/t29-,34-,35-,38-,39-,43?/m0/s1. The number of amides is 5. The quantitative estimate of drug-likeness (QED) is 0.134. The van der Waals surface area contributed by atoms with Gasteiger partial charge in [-0.3, -0.25) is 29.2 Å². The molecular formula is C49H65N9O7S. The summed E-state index contributed by atoms with van der Waals surface area (Å²) >= 11 is 1.40. The molecule has 354 valence electrons. The van der Waals surface area contributed by atoms with Gasteiger partial charge >= 0.3 is 12.0 Å². The van der Waals surface area contributed by atoms with Gasteiger partial charge in [-0.1, -0.05) is 40.3 Å². The molecule has 16 nitrogen and oxygen atoms in total. The zero-order valence-corrected chi connectivity index (χ0v) is 40.7. The summed E-state index contributed by atoms with van der Waals surface area (Å²) in [5.41, 5.74) is 9.23. The highest BCUT2D eigenvalue weighted by atomic mass is 32.1. The van der Waals surface area contributed by atoms with Crippen LogP contribution < -0.4 is 10.7 Å². The summed E-state index contributed by atoms with van der Waals surface area (Å²) in [7, 11) is 6.61. The number of cyclic esters (lactones) is 1. The van der Waals surface area contributed by atoms with Crippen molar-refractivity contribution in [2.75, 3.05) is 41.4 Å². The first-order valence-electron chi connectivity index (χ1n) is 22.9. The second kappa shape index (κ2) is 19.7. The lowest BCUT2D eigenvalue weighted by molar-refractivity contribution is -0.155. The third-order valence-corrected chi connectivity index (χ3v) is 14.2. The molecule has 5 amide bonds. The SMILES string of the molecule is C=CC(=O)N(C)[C@H]1C[C@@H]1N(C)C(=O)N(C)C(C(=O)N[C@H]1Cc2nc(cs2)-c2ccc3c(c2)c(c(-c2cccnc2[C@H](C)OC)n3CC)CC(C)(C)COC(=O)[C@@H]2CCCN(N2)C1=O)C(C)C. The predicted octanol–water partition coefficient (Wildman–Crippen LogP) is 6.00. The number of likely N-dealkylation sites (N-methyl/N-ethyl adjacent to an activating group) is 3. The molecule has 1 aliphatic carbocycles. The van der Waals surface area contributed by atoms with Gasteiger partial charge in [0.25, 0.3) is 5.91 Å². The highest BCUT2D eigenvalue weighted by molar-refractivity contribution is 7.10. The number of hydrogen-bond acceptors (Lipinski definition) is 11. The van der Waals surface area contributed by atoms with E-state index in [0.717, 1.165) is 44.7 Å². The number of thiazole rings is 1. The molecule has 1 saturated carbocycles. The first kappa shape index (κ1) is 48.3. The van der Waals surface area contributed by atoms with Crippen molar-refractivity contribution >= 4 is 52.0 Å². The number of pyridine rings is 1. The van der Waals surface area contributed by atoms with E-state index in [1.165, 1.54) is 27.3 Å². The molecule has 4 aromatic rings. The molecule has 17 heteroatoms. The predicted molar refractivity (Wildman–Crippen MR) is 254 cm³/mol. The molecule has 3 aromatic heterocycles. The highest BCUT2D eigenvalue weighted by Crippen LogP contribution is 2.42. The molecule has 1 unspecified atom stereocenters. The Hall–Kier alpha value is -5.65. The van der Waals surface area contributed by atoms with Crippen molar-refractivity contribution in [2.45, 2.75) is 117 Å². The zero-order chi connectivity index (χ0) is 47.8. The summed E-state index contributed by atoms with van der Waals surface area (Å²) < 4.78 is 14.2. The van der Waals surface area contributed by atoms with E-state index in [1.807, 2.05) is 32.2 Å². The summed E-state index contributed by atoms with van der Waals surface area (Å²) in [6.07, 6.45) is 5.02. The molecule has 3 aliphatic rings. The number of methoxy groups -OCH3 is 1. The molecule has 6 atom stereocenters. The van der Waals surface area contributed by atoms with Gasteiger partial charge in [0, 0.05) is 86.8 Å². The Morgan fingerprint density at radius 3 is 2.56 bits per heavy atom. The van der Waals surface area contributed by atoms with E-state index in [2.05, 4.69) is 66.9 Å². The van der Waals surface area contributed by atoms with Gasteiger partial charge in [0.05, 0.1) is 46.9 Å². The second-order valence-corrected chi connectivity index (χ2v) is 19.9. The van der Waals surface area contributed by atoms with Crippen LogP contribution in [0.2, 0.25) is 0 Å². The fraction of sp³-hybridized carbons (Fsp3) is 0.531.